The van der Waals surface area contributed by atoms with E-state index in [-0.39, 0.29) is 23.9 Å². The number of allylic oxidation sites excluding steroid dienone is 4. The molecule has 2 aliphatic rings. The van der Waals surface area contributed by atoms with Gasteiger partial charge in [-0.25, -0.2) is 8.78 Å². The maximum Gasteiger partial charge on any atom is 0.196 e. The highest BCUT2D eigenvalue weighted by molar-refractivity contribution is 5.33. The Morgan fingerprint density at radius 1 is 1.14 bits per heavy atom. The fourth-order valence-electron chi connectivity index (χ4n) is 3.54. The van der Waals surface area contributed by atoms with E-state index in [1.54, 1.807) is 0 Å². The van der Waals surface area contributed by atoms with Crippen LogP contribution in [0.25, 0.3) is 0 Å². The first kappa shape index (κ1) is 24.8. The zero-order valence-electron chi connectivity index (χ0n) is 18.2. The van der Waals surface area contributed by atoms with Crippen LogP contribution >= 0.6 is 0 Å². The third kappa shape index (κ3) is 7.32. The molecule has 0 spiro atoms. The molecule has 1 heterocycles. The lowest BCUT2D eigenvalue weighted by Crippen LogP contribution is -2.30. The summed E-state index contributed by atoms with van der Waals surface area (Å²) in [6, 6.07) is 0. The molecule has 1 fully saturated rings. The summed E-state index contributed by atoms with van der Waals surface area (Å²) in [6.07, 6.45) is 6.77. The van der Waals surface area contributed by atoms with E-state index in [1.165, 1.54) is 7.11 Å². The molecule has 0 aromatic heterocycles. The van der Waals surface area contributed by atoms with Crippen molar-refractivity contribution in [2.45, 2.75) is 78.4 Å². The summed E-state index contributed by atoms with van der Waals surface area (Å²) >= 11 is 0. The molecule has 0 aromatic carbocycles. The van der Waals surface area contributed by atoms with Crippen LogP contribution in [0.3, 0.4) is 0 Å². The number of ether oxygens (including phenoxy) is 3. The van der Waals surface area contributed by atoms with Gasteiger partial charge in [0.25, 0.3) is 0 Å². The highest BCUT2D eigenvalue weighted by atomic mass is 19.2. The maximum atomic E-state index is 14.2. The molecule has 0 bridgehead atoms. The Morgan fingerprint density at radius 3 is 2.43 bits per heavy atom. The molecule has 4 atom stereocenters. The average molecular weight is 401 g/mol. The van der Waals surface area contributed by atoms with Crippen molar-refractivity contribution < 1.29 is 23.0 Å². The van der Waals surface area contributed by atoms with Crippen LogP contribution in [0, 0.1) is 11.8 Å². The first-order valence-corrected chi connectivity index (χ1v) is 10.6. The Hall–Kier alpha value is -1.20. The van der Waals surface area contributed by atoms with Crippen molar-refractivity contribution in [2.75, 3.05) is 20.3 Å². The topological polar surface area (TPSA) is 27.7 Å². The molecule has 1 aliphatic heterocycles. The second-order valence-electron chi connectivity index (χ2n) is 7.43. The molecule has 2 rings (SSSR count). The van der Waals surface area contributed by atoms with Crippen molar-refractivity contribution in [3.63, 3.8) is 0 Å². The average Bonchev–Trinajstić information content (AvgIpc) is 2.74. The quantitative estimate of drug-likeness (QED) is 0.405. The Balaban J connectivity index is 0.00000190. The van der Waals surface area contributed by atoms with Gasteiger partial charge in [-0.2, -0.15) is 0 Å². The van der Waals surface area contributed by atoms with Gasteiger partial charge in [-0.1, -0.05) is 26.8 Å². The van der Waals surface area contributed by atoms with Crippen LogP contribution in [0.1, 0.15) is 66.2 Å². The number of methoxy groups -OCH3 is 1. The summed E-state index contributed by atoms with van der Waals surface area (Å²) in [7, 11) is 1.38. The van der Waals surface area contributed by atoms with Crippen molar-refractivity contribution >= 4 is 0 Å². The van der Waals surface area contributed by atoms with E-state index in [9.17, 15) is 8.78 Å². The van der Waals surface area contributed by atoms with Crippen LogP contribution < -0.4 is 0 Å². The third-order valence-electron chi connectivity index (χ3n) is 5.49. The van der Waals surface area contributed by atoms with Crippen LogP contribution in [0.15, 0.2) is 35.6 Å². The summed E-state index contributed by atoms with van der Waals surface area (Å²) in [5.41, 5.74) is 0.557. The lowest BCUT2D eigenvalue weighted by molar-refractivity contribution is -0.0709. The van der Waals surface area contributed by atoms with E-state index in [2.05, 4.69) is 6.58 Å². The molecule has 0 radical (unpaired) electrons. The van der Waals surface area contributed by atoms with E-state index in [4.69, 9.17) is 14.2 Å². The van der Waals surface area contributed by atoms with Gasteiger partial charge in [-0.15, -0.1) is 6.58 Å². The predicted octanol–water partition coefficient (Wildman–Crippen LogP) is 6.66. The Labute approximate surface area is 169 Å². The van der Waals surface area contributed by atoms with Crippen molar-refractivity contribution in [3.05, 3.63) is 35.6 Å². The predicted molar refractivity (Wildman–Crippen MR) is 110 cm³/mol. The van der Waals surface area contributed by atoms with Crippen LogP contribution in [-0.2, 0) is 14.2 Å². The zero-order chi connectivity index (χ0) is 21.1. The molecule has 1 aliphatic carbocycles. The Bertz CT molecular complexity index is 534. The van der Waals surface area contributed by atoms with Gasteiger partial charge in [-0.3, -0.25) is 0 Å². The second-order valence-corrected chi connectivity index (χ2v) is 7.43. The summed E-state index contributed by atoms with van der Waals surface area (Å²) in [5.74, 6) is -1.01. The van der Waals surface area contributed by atoms with Crippen molar-refractivity contribution in [1.82, 2.24) is 0 Å². The van der Waals surface area contributed by atoms with E-state index < -0.39 is 11.7 Å². The molecule has 28 heavy (non-hydrogen) atoms. The van der Waals surface area contributed by atoms with Crippen LogP contribution in [-0.4, -0.2) is 32.5 Å². The van der Waals surface area contributed by atoms with E-state index in [0.717, 1.165) is 32.3 Å². The molecule has 5 heteroatoms. The summed E-state index contributed by atoms with van der Waals surface area (Å²) in [5, 5.41) is 0. The Kier molecular flexibility index (Phi) is 11.6. The molecule has 162 valence electrons. The molecule has 0 saturated carbocycles. The maximum absolute atomic E-state index is 14.2. The minimum absolute atomic E-state index is 0.00973. The molecule has 1 saturated heterocycles. The summed E-state index contributed by atoms with van der Waals surface area (Å²) in [4.78, 5) is 0. The van der Waals surface area contributed by atoms with Gasteiger partial charge in [-0.05, 0) is 50.5 Å². The SMILES string of the molecule is C=CC1CCC(COC(C)CCC(C)C2=C(F)C(F)=C(OC)CC2)OC1.CC. The lowest BCUT2D eigenvalue weighted by Gasteiger charge is -2.28. The summed E-state index contributed by atoms with van der Waals surface area (Å²) in [6.45, 7) is 13.1. The van der Waals surface area contributed by atoms with Gasteiger partial charge in [0.05, 0.1) is 32.5 Å². The highest BCUT2D eigenvalue weighted by Crippen LogP contribution is 2.37. The fraction of sp³-hybridized carbons (Fsp3) is 0.739. The van der Waals surface area contributed by atoms with Crippen LogP contribution in [0.5, 0.6) is 0 Å². The smallest absolute Gasteiger partial charge is 0.196 e. The number of rotatable bonds is 9. The standard InChI is InChI=1S/C21H32F2O3.C2H6/c1-5-16-8-9-17(26-12-16)13-25-15(3)7-6-14(2)18-10-11-19(24-4)21(23)20(18)22;1-2/h5,14-17H,1,6-13H2,2-4H3;1-2H3. The molecule has 0 aromatic rings. The van der Waals surface area contributed by atoms with Gasteiger partial charge >= 0.3 is 0 Å². The van der Waals surface area contributed by atoms with Gasteiger partial charge < -0.3 is 14.2 Å². The van der Waals surface area contributed by atoms with Crippen LogP contribution in [0.2, 0.25) is 0 Å². The molecule has 3 nitrogen and oxygen atoms in total. The second kappa shape index (κ2) is 13.1. The largest absolute Gasteiger partial charge is 0.498 e. The van der Waals surface area contributed by atoms with Crippen molar-refractivity contribution in [2.24, 2.45) is 11.8 Å². The van der Waals surface area contributed by atoms with Crippen molar-refractivity contribution in [1.29, 1.82) is 0 Å². The lowest BCUT2D eigenvalue weighted by atomic mass is 9.88. The molecule has 4 unspecified atom stereocenters. The number of hydrogen-bond acceptors (Lipinski definition) is 3. The van der Waals surface area contributed by atoms with Gasteiger partial charge in [0.1, 0.15) is 5.76 Å². The normalized spacial score (nSPS) is 25.0. The zero-order valence-corrected chi connectivity index (χ0v) is 18.2. The van der Waals surface area contributed by atoms with Gasteiger partial charge in [0.2, 0.25) is 0 Å². The minimum atomic E-state index is -0.836. The monoisotopic (exact) mass is 400 g/mol. The van der Waals surface area contributed by atoms with Gasteiger partial charge in [0, 0.05) is 12.3 Å². The summed E-state index contributed by atoms with van der Waals surface area (Å²) < 4.78 is 44.7. The Morgan fingerprint density at radius 2 is 1.86 bits per heavy atom. The highest BCUT2D eigenvalue weighted by Gasteiger charge is 2.26. The van der Waals surface area contributed by atoms with Crippen LogP contribution in [0.4, 0.5) is 8.78 Å². The first-order chi connectivity index (χ1) is 13.5. The number of halogens is 2. The van der Waals surface area contributed by atoms with E-state index >= 15 is 0 Å². The minimum Gasteiger partial charge on any atom is -0.498 e. The molecule has 0 N–H and O–H groups in total. The molecular formula is C23H38F2O3. The van der Waals surface area contributed by atoms with Gasteiger partial charge in [0.15, 0.2) is 11.7 Å². The fourth-order valence-corrected chi connectivity index (χ4v) is 3.54. The van der Waals surface area contributed by atoms with Crippen molar-refractivity contribution in [3.8, 4) is 0 Å². The molecule has 0 amide bonds. The number of hydrogen-bond donors (Lipinski definition) is 0. The first-order valence-electron chi connectivity index (χ1n) is 10.6. The van der Waals surface area contributed by atoms with E-state index in [1.807, 2.05) is 33.8 Å². The molecular weight excluding hydrogens is 362 g/mol. The third-order valence-corrected chi connectivity index (χ3v) is 5.49. The van der Waals surface area contributed by atoms with E-state index in [0.29, 0.717) is 30.9 Å².